The Labute approximate surface area is 127 Å². The van der Waals surface area contributed by atoms with Crippen molar-refractivity contribution in [2.75, 3.05) is 13.2 Å². The van der Waals surface area contributed by atoms with Gasteiger partial charge in [0.05, 0.1) is 4.90 Å². The highest BCUT2D eigenvalue weighted by molar-refractivity contribution is 7.89. The van der Waals surface area contributed by atoms with Crippen LogP contribution in [0.15, 0.2) is 29.2 Å². The van der Waals surface area contributed by atoms with Gasteiger partial charge in [-0.3, -0.25) is 0 Å². The molecule has 0 spiro atoms. The number of aliphatic hydroxyl groups is 1. The van der Waals surface area contributed by atoms with E-state index < -0.39 is 10.0 Å². The Morgan fingerprint density at radius 1 is 1.33 bits per heavy atom. The second-order valence-electron chi connectivity index (χ2n) is 6.11. The van der Waals surface area contributed by atoms with E-state index in [0.717, 1.165) is 0 Å². The van der Waals surface area contributed by atoms with Crippen LogP contribution in [0.4, 0.5) is 0 Å². The molecular formula is C16H23NO3S. The van der Waals surface area contributed by atoms with Gasteiger partial charge in [-0.05, 0) is 29.5 Å². The van der Waals surface area contributed by atoms with E-state index in [2.05, 4.69) is 37.3 Å². The molecule has 2 N–H and O–H groups in total. The summed E-state index contributed by atoms with van der Waals surface area (Å²) in [7, 11) is -3.54. The first-order valence-corrected chi connectivity index (χ1v) is 8.34. The van der Waals surface area contributed by atoms with E-state index >= 15 is 0 Å². The van der Waals surface area contributed by atoms with Crippen molar-refractivity contribution >= 4 is 10.0 Å². The zero-order valence-electron chi connectivity index (χ0n) is 13.0. The second-order valence-corrected chi connectivity index (χ2v) is 7.87. The number of aliphatic hydroxyl groups excluding tert-OH is 1. The Kier molecular flexibility index (Phi) is 5.97. The fourth-order valence-corrected chi connectivity index (χ4v) is 2.68. The molecule has 0 amide bonds. The molecule has 1 aromatic rings. The highest BCUT2D eigenvalue weighted by atomic mass is 32.2. The summed E-state index contributed by atoms with van der Waals surface area (Å²) in [5, 5.41) is 8.67. The van der Waals surface area contributed by atoms with Gasteiger partial charge in [0, 0.05) is 12.1 Å². The van der Waals surface area contributed by atoms with Gasteiger partial charge in [-0.25, -0.2) is 13.1 Å². The molecule has 0 aliphatic heterocycles. The summed E-state index contributed by atoms with van der Waals surface area (Å²) in [5.74, 6) is 5.42. The molecule has 1 unspecified atom stereocenters. The summed E-state index contributed by atoms with van der Waals surface area (Å²) in [6.45, 7) is 8.40. The third-order valence-electron chi connectivity index (χ3n) is 3.51. The molecule has 0 saturated heterocycles. The SMILES string of the molecule is CC(CNS(=O)(=O)c1cccc(C#CCO)c1)C(C)(C)C. The van der Waals surface area contributed by atoms with E-state index in [9.17, 15) is 8.42 Å². The van der Waals surface area contributed by atoms with Crippen molar-refractivity contribution in [3.63, 3.8) is 0 Å². The zero-order chi connectivity index (χ0) is 16.1. The highest BCUT2D eigenvalue weighted by Crippen LogP contribution is 2.25. The van der Waals surface area contributed by atoms with Gasteiger partial charge in [0.1, 0.15) is 6.61 Å². The summed E-state index contributed by atoms with van der Waals surface area (Å²) < 4.78 is 27.2. The lowest BCUT2D eigenvalue weighted by Gasteiger charge is -2.27. The van der Waals surface area contributed by atoms with Crippen molar-refractivity contribution in [2.45, 2.75) is 32.6 Å². The normalized spacial score (nSPS) is 13.4. The van der Waals surface area contributed by atoms with E-state index in [4.69, 9.17) is 5.11 Å². The van der Waals surface area contributed by atoms with E-state index in [1.165, 1.54) is 12.1 Å². The Morgan fingerprint density at radius 3 is 2.57 bits per heavy atom. The van der Waals surface area contributed by atoms with Crippen LogP contribution < -0.4 is 4.72 Å². The molecular weight excluding hydrogens is 286 g/mol. The number of hydrogen-bond donors (Lipinski definition) is 2. The molecule has 21 heavy (non-hydrogen) atoms. The van der Waals surface area contributed by atoms with Crippen LogP contribution in [0.1, 0.15) is 33.3 Å². The molecule has 116 valence electrons. The Balaban J connectivity index is 2.88. The molecule has 1 rings (SSSR count). The fourth-order valence-electron chi connectivity index (χ4n) is 1.51. The van der Waals surface area contributed by atoms with Crippen LogP contribution in [-0.2, 0) is 10.0 Å². The first-order chi connectivity index (χ1) is 9.66. The van der Waals surface area contributed by atoms with Crippen LogP contribution in [-0.4, -0.2) is 26.7 Å². The number of rotatable bonds is 4. The maximum Gasteiger partial charge on any atom is 0.240 e. The number of sulfonamides is 1. The maximum absolute atomic E-state index is 12.3. The largest absolute Gasteiger partial charge is 0.384 e. The van der Waals surface area contributed by atoms with Crippen LogP contribution in [0.3, 0.4) is 0 Å². The third kappa shape index (κ3) is 5.50. The molecule has 4 nitrogen and oxygen atoms in total. The molecule has 0 aromatic heterocycles. The summed E-state index contributed by atoms with van der Waals surface area (Å²) >= 11 is 0. The monoisotopic (exact) mass is 309 g/mol. The van der Waals surface area contributed by atoms with Crippen LogP contribution in [0.25, 0.3) is 0 Å². The predicted octanol–water partition coefficient (Wildman–Crippen LogP) is 1.99. The smallest absolute Gasteiger partial charge is 0.240 e. The van der Waals surface area contributed by atoms with Crippen molar-refractivity contribution in [1.82, 2.24) is 4.72 Å². The molecule has 5 heteroatoms. The molecule has 0 heterocycles. The molecule has 0 radical (unpaired) electrons. The quantitative estimate of drug-likeness (QED) is 0.836. The average Bonchev–Trinajstić information content (AvgIpc) is 2.42. The van der Waals surface area contributed by atoms with Crippen molar-refractivity contribution in [1.29, 1.82) is 0 Å². The minimum absolute atomic E-state index is 0.0387. The van der Waals surface area contributed by atoms with Gasteiger partial charge in [0.25, 0.3) is 0 Å². The third-order valence-corrected chi connectivity index (χ3v) is 4.94. The van der Waals surface area contributed by atoms with E-state index in [-0.39, 0.29) is 22.8 Å². The molecule has 0 aliphatic carbocycles. The standard InChI is InChI=1S/C16H23NO3S/c1-13(16(2,3)4)12-17-21(19,20)15-9-5-7-14(11-15)8-6-10-18/h5,7,9,11,13,17-18H,10,12H2,1-4H3. The zero-order valence-corrected chi connectivity index (χ0v) is 13.8. The van der Waals surface area contributed by atoms with Gasteiger partial charge < -0.3 is 5.11 Å². The van der Waals surface area contributed by atoms with Gasteiger partial charge in [-0.2, -0.15) is 0 Å². The van der Waals surface area contributed by atoms with E-state index in [1.807, 2.05) is 6.92 Å². The lowest BCUT2D eigenvalue weighted by molar-refractivity contribution is 0.263. The van der Waals surface area contributed by atoms with Crippen molar-refractivity contribution in [2.24, 2.45) is 11.3 Å². The van der Waals surface area contributed by atoms with Crippen LogP contribution >= 0.6 is 0 Å². The molecule has 0 bridgehead atoms. The number of nitrogens with one attached hydrogen (secondary N) is 1. The summed E-state index contributed by atoms with van der Waals surface area (Å²) in [6.07, 6.45) is 0. The first-order valence-electron chi connectivity index (χ1n) is 6.86. The predicted molar refractivity (Wildman–Crippen MR) is 84.2 cm³/mol. The summed E-state index contributed by atoms with van der Waals surface area (Å²) in [5.41, 5.74) is 0.604. The van der Waals surface area contributed by atoms with Gasteiger partial charge in [-0.1, -0.05) is 45.6 Å². The summed E-state index contributed by atoms with van der Waals surface area (Å²) in [4.78, 5) is 0.188. The fraction of sp³-hybridized carbons (Fsp3) is 0.500. The lowest BCUT2D eigenvalue weighted by Crippen LogP contribution is -2.33. The Hall–Kier alpha value is -1.35. The van der Waals surface area contributed by atoms with Crippen LogP contribution in [0.5, 0.6) is 0 Å². The number of benzene rings is 1. The van der Waals surface area contributed by atoms with Gasteiger partial charge in [0.15, 0.2) is 0 Å². The van der Waals surface area contributed by atoms with E-state index in [1.54, 1.807) is 12.1 Å². The minimum atomic E-state index is -3.54. The molecule has 1 aromatic carbocycles. The van der Waals surface area contributed by atoms with Crippen molar-refractivity contribution in [3.05, 3.63) is 29.8 Å². The van der Waals surface area contributed by atoms with Gasteiger partial charge >= 0.3 is 0 Å². The van der Waals surface area contributed by atoms with Crippen LogP contribution in [0, 0.1) is 23.2 Å². The first kappa shape index (κ1) is 17.7. The highest BCUT2D eigenvalue weighted by Gasteiger charge is 2.22. The molecule has 0 aliphatic rings. The Morgan fingerprint density at radius 2 is 2.00 bits per heavy atom. The topological polar surface area (TPSA) is 66.4 Å². The summed E-state index contributed by atoms with van der Waals surface area (Å²) in [6, 6.07) is 6.39. The maximum atomic E-state index is 12.3. The van der Waals surface area contributed by atoms with Crippen LogP contribution in [0.2, 0.25) is 0 Å². The average molecular weight is 309 g/mol. The molecule has 0 fully saturated rings. The lowest BCUT2D eigenvalue weighted by atomic mass is 9.82. The minimum Gasteiger partial charge on any atom is -0.384 e. The van der Waals surface area contributed by atoms with Gasteiger partial charge in [-0.15, -0.1) is 0 Å². The van der Waals surface area contributed by atoms with E-state index in [0.29, 0.717) is 12.1 Å². The van der Waals surface area contributed by atoms with Crippen molar-refractivity contribution in [3.8, 4) is 11.8 Å². The molecule has 0 saturated carbocycles. The number of hydrogen-bond acceptors (Lipinski definition) is 3. The second kappa shape index (κ2) is 7.08. The molecule has 1 atom stereocenters. The van der Waals surface area contributed by atoms with Crippen molar-refractivity contribution < 1.29 is 13.5 Å². The van der Waals surface area contributed by atoms with Gasteiger partial charge in [0.2, 0.25) is 10.0 Å². The Bertz CT molecular complexity index is 633.